The molecule has 1 N–H and O–H groups in total. The molecule has 0 aromatic carbocycles. The Balaban J connectivity index is 0.00000225. The lowest BCUT2D eigenvalue weighted by molar-refractivity contribution is -0.143. The number of piperidine rings is 1. The molecular formula is C19H33ClN4O. The van der Waals surface area contributed by atoms with Gasteiger partial charge in [0.25, 0.3) is 5.91 Å². The maximum atomic E-state index is 13.5. The summed E-state index contributed by atoms with van der Waals surface area (Å²) in [6.45, 7) is 10.5. The quantitative estimate of drug-likeness (QED) is 0.872. The lowest BCUT2D eigenvalue weighted by atomic mass is 9.77. The molecule has 3 rings (SSSR count). The van der Waals surface area contributed by atoms with Crippen LogP contribution in [0.15, 0.2) is 18.5 Å². The van der Waals surface area contributed by atoms with E-state index < -0.39 is 5.54 Å². The molecule has 3 heterocycles. The number of hydrogen-bond acceptors (Lipinski definition) is 3. The standard InChI is InChI=1S/C19H32N4O.ClH/c1-18(2,3)16-6-4-13-22(15-7-16)17(24)19(8-11-20-12-9-19)23-14-5-10-21-23;/h5,10,14,16,20H,4,6-9,11-13,15H2,1-3H3;1H. The third-order valence-electron chi connectivity index (χ3n) is 6.01. The van der Waals surface area contributed by atoms with Gasteiger partial charge in [0.05, 0.1) is 0 Å². The fraction of sp³-hybridized carbons (Fsp3) is 0.789. The third-order valence-corrected chi connectivity index (χ3v) is 6.01. The predicted molar refractivity (Wildman–Crippen MR) is 103 cm³/mol. The van der Waals surface area contributed by atoms with E-state index in [-0.39, 0.29) is 18.3 Å². The van der Waals surface area contributed by atoms with Crippen LogP contribution in [0.3, 0.4) is 0 Å². The third kappa shape index (κ3) is 4.20. The monoisotopic (exact) mass is 368 g/mol. The number of amides is 1. The van der Waals surface area contributed by atoms with Crippen LogP contribution in [0, 0.1) is 11.3 Å². The molecule has 142 valence electrons. The van der Waals surface area contributed by atoms with Crippen LogP contribution in [0.4, 0.5) is 0 Å². The molecular weight excluding hydrogens is 336 g/mol. The van der Waals surface area contributed by atoms with Crippen LogP contribution >= 0.6 is 12.4 Å². The lowest BCUT2D eigenvalue weighted by Gasteiger charge is -2.40. The van der Waals surface area contributed by atoms with Gasteiger partial charge in [-0.3, -0.25) is 9.48 Å². The second-order valence-electron chi connectivity index (χ2n) is 8.52. The van der Waals surface area contributed by atoms with Crippen molar-refractivity contribution in [1.29, 1.82) is 0 Å². The van der Waals surface area contributed by atoms with Gasteiger partial charge in [-0.05, 0) is 62.6 Å². The minimum Gasteiger partial charge on any atom is -0.341 e. The molecule has 0 aliphatic carbocycles. The van der Waals surface area contributed by atoms with E-state index in [1.165, 1.54) is 6.42 Å². The van der Waals surface area contributed by atoms with Crippen molar-refractivity contribution in [3.63, 3.8) is 0 Å². The van der Waals surface area contributed by atoms with Gasteiger partial charge in [0.2, 0.25) is 0 Å². The van der Waals surface area contributed by atoms with E-state index in [0.29, 0.717) is 11.3 Å². The molecule has 2 fully saturated rings. The molecule has 0 bridgehead atoms. The maximum absolute atomic E-state index is 13.5. The minimum atomic E-state index is -0.490. The fourth-order valence-corrected chi connectivity index (χ4v) is 4.36. The number of aromatic nitrogens is 2. The highest BCUT2D eigenvalue weighted by molar-refractivity contribution is 5.85. The molecule has 0 spiro atoms. The molecule has 2 saturated heterocycles. The zero-order valence-electron chi connectivity index (χ0n) is 15.8. The second-order valence-corrected chi connectivity index (χ2v) is 8.52. The van der Waals surface area contributed by atoms with Crippen molar-refractivity contribution in [1.82, 2.24) is 20.0 Å². The van der Waals surface area contributed by atoms with Crippen LogP contribution in [-0.2, 0) is 10.3 Å². The van der Waals surface area contributed by atoms with Crippen molar-refractivity contribution < 1.29 is 4.79 Å². The smallest absolute Gasteiger partial charge is 0.250 e. The van der Waals surface area contributed by atoms with Crippen molar-refractivity contribution in [2.24, 2.45) is 11.3 Å². The summed E-state index contributed by atoms with van der Waals surface area (Å²) in [6.07, 6.45) is 8.85. The van der Waals surface area contributed by atoms with Crippen molar-refractivity contribution in [2.75, 3.05) is 26.2 Å². The van der Waals surface area contributed by atoms with Crippen molar-refractivity contribution in [3.8, 4) is 0 Å². The first-order chi connectivity index (χ1) is 11.4. The van der Waals surface area contributed by atoms with E-state index in [4.69, 9.17) is 0 Å². The highest BCUT2D eigenvalue weighted by Gasteiger charge is 2.44. The normalized spacial score (nSPS) is 24.3. The van der Waals surface area contributed by atoms with Crippen LogP contribution in [0.1, 0.15) is 52.9 Å². The molecule has 5 nitrogen and oxygen atoms in total. The number of rotatable bonds is 2. The zero-order valence-corrected chi connectivity index (χ0v) is 16.6. The van der Waals surface area contributed by atoms with Crippen LogP contribution in [-0.4, -0.2) is 46.8 Å². The summed E-state index contributed by atoms with van der Waals surface area (Å²) in [5.74, 6) is 0.978. The highest BCUT2D eigenvalue weighted by atomic mass is 35.5. The molecule has 2 aliphatic rings. The first-order valence-electron chi connectivity index (χ1n) is 9.44. The largest absolute Gasteiger partial charge is 0.341 e. The number of carbonyl (C=O) groups excluding carboxylic acids is 1. The van der Waals surface area contributed by atoms with Gasteiger partial charge >= 0.3 is 0 Å². The van der Waals surface area contributed by atoms with Gasteiger partial charge in [-0.1, -0.05) is 20.8 Å². The van der Waals surface area contributed by atoms with Gasteiger partial charge in [0, 0.05) is 25.5 Å². The summed E-state index contributed by atoms with van der Waals surface area (Å²) in [5.41, 5.74) is -0.163. The van der Waals surface area contributed by atoms with Crippen molar-refractivity contribution in [2.45, 2.75) is 58.4 Å². The SMILES string of the molecule is CC(C)(C)C1CCCN(C(=O)C2(n3cccn3)CCNCC2)CC1.Cl. The van der Waals surface area contributed by atoms with Gasteiger partial charge in [0.15, 0.2) is 0 Å². The number of nitrogens with one attached hydrogen (secondary N) is 1. The average molecular weight is 369 g/mol. The van der Waals surface area contributed by atoms with E-state index in [9.17, 15) is 4.79 Å². The average Bonchev–Trinajstić information content (AvgIpc) is 2.98. The summed E-state index contributed by atoms with van der Waals surface area (Å²) >= 11 is 0. The van der Waals surface area contributed by atoms with Gasteiger partial charge in [-0.25, -0.2) is 0 Å². The molecule has 2 aliphatic heterocycles. The van der Waals surface area contributed by atoms with Crippen LogP contribution in [0.5, 0.6) is 0 Å². The minimum absolute atomic E-state index is 0. The molecule has 6 heteroatoms. The van der Waals surface area contributed by atoms with E-state index >= 15 is 0 Å². The topological polar surface area (TPSA) is 50.2 Å². The fourth-order valence-electron chi connectivity index (χ4n) is 4.36. The summed E-state index contributed by atoms with van der Waals surface area (Å²) in [5, 5.41) is 7.83. The van der Waals surface area contributed by atoms with Crippen LogP contribution in [0.2, 0.25) is 0 Å². The Morgan fingerprint density at radius 1 is 1.20 bits per heavy atom. The van der Waals surface area contributed by atoms with Crippen molar-refractivity contribution in [3.05, 3.63) is 18.5 Å². The first kappa shape index (κ1) is 20.2. The van der Waals surface area contributed by atoms with E-state index in [1.807, 2.05) is 16.9 Å². The van der Waals surface area contributed by atoms with Gasteiger partial charge in [0.1, 0.15) is 5.54 Å². The van der Waals surface area contributed by atoms with E-state index in [2.05, 4.69) is 36.1 Å². The Morgan fingerprint density at radius 2 is 1.92 bits per heavy atom. The zero-order chi connectivity index (χ0) is 17.2. The number of nitrogens with zero attached hydrogens (tertiary/aromatic N) is 3. The van der Waals surface area contributed by atoms with Crippen LogP contribution in [0.25, 0.3) is 0 Å². The summed E-state index contributed by atoms with van der Waals surface area (Å²) in [7, 11) is 0. The molecule has 1 aromatic rings. The number of carbonyl (C=O) groups is 1. The lowest BCUT2D eigenvalue weighted by Crippen LogP contribution is -2.56. The van der Waals surface area contributed by atoms with Gasteiger partial charge in [-0.2, -0.15) is 5.10 Å². The second kappa shape index (κ2) is 8.09. The molecule has 25 heavy (non-hydrogen) atoms. The highest BCUT2D eigenvalue weighted by Crippen LogP contribution is 2.36. The Bertz CT molecular complexity index is 546. The summed E-state index contributed by atoms with van der Waals surface area (Å²) < 4.78 is 1.92. The number of hydrogen-bond donors (Lipinski definition) is 1. The Kier molecular flexibility index (Phi) is 6.55. The van der Waals surface area contributed by atoms with Gasteiger partial charge < -0.3 is 10.2 Å². The molecule has 1 aromatic heterocycles. The van der Waals surface area contributed by atoms with E-state index in [0.717, 1.165) is 51.9 Å². The van der Waals surface area contributed by atoms with Gasteiger partial charge in [-0.15, -0.1) is 12.4 Å². The number of likely N-dealkylation sites (tertiary alicyclic amines) is 1. The molecule has 1 atom stereocenters. The Hall–Kier alpha value is -1.07. The molecule has 1 amide bonds. The van der Waals surface area contributed by atoms with Crippen LogP contribution < -0.4 is 5.32 Å². The Morgan fingerprint density at radius 3 is 2.52 bits per heavy atom. The Labute approximate surface area is 157 Å². The van der Waals surface area contributed by atoms with E-state index in [1.54, 1.807) is 6.20 Å². The molecule has 1 unspecified atom stereocenters. The molecule has 0 saturated carbocycles. The van der Waals surface area contributed by atoms with Crippen molar-refractivity contribution >= 4 is 18.3 Å². The summed E-state index contributed by atoms with van der Waals surface area (Å²) in [4.78, 5) is 15.6. The molecule has 0 radical (unpaired) electrons. The summed E-state index contributed by atoms with van der Waals surface area (Å²) in [6, 6.07) is 1.93. The predicted octanol–water partition coefficient (Wildman–Crippen LogP) is 3.06. The number of halogens is 1. The first-order valence-corrected chi connectivity index (χ1v) is 9.44. The maximum Gasteiger partial charge on any atom is 0.250 e.